The highest BCUT2D eigenvalue weighted by molar-refractivity contribution is 5.78. The van der Waals surface area contributed by atoms with Gasteiger partial charge in [-0.25, -0.2) is 5.84 Å². The zero-order valence-corrected chi connectivity index (χ0v) is 13.6. The fourth-order valence-electron chi connectivity index (χ4n) is 3.14. The molecule has 1 amide bonds. The van der Waals surface area contributed by atoms with Crippen molar-refractivity contribution in [2.75, 3.05) is 0 Å². The van der Waals surface area contributed by atoms with Gasteiger partial charge in [0.2, 0.25) is 5.91 Å². The van der Waals surface area contributed by atoms with Gasteiger partial charge in [-0.3, -0.25) is 10.2 Å². The minimum atomic E-state index is -3.24. The molecule has 0 radical (unpaired) electrons. The maximum absolute atomic E-state index is 12.6. The van der Waals surface area contributed by atoms with E-state index in [1.165, 1.54) is 6.07 Å². The molecule has 0 aromatic heterocycles. The number of hydrogen-bond donors (Lipinski definition) is 2. The third-order valence-electron chi connectivity index (χ3n) is 4.49. The summed E-state index contributed by atoms with van der Waals surface area (Å²) in [6.45, 7) is -6.46. The highest BCUT2D eigenvalue weighted by Gasteiger charge is 2.39. The number of rotatable bonds is 6. The van der Waals surface area contributed by atoms with Crippen molar-refractivity contribution in [3.05, 3.63) is 23.8 Å². The van der Waals surface area contributed by atoms with Crippen LogP contribution in [0.3, 0.4) is 0 Å². The molecular formula is C16H17F4N3O3. The Balaban J connectivity index is 2.31. The van der Waals surface area contributed by atoms with E-state index in [0.717, 1.165) is 12.1 Å². The number of benzene rings is 1. The van der Waals surface area contributed by atoms with Crippen LogP contribution in [0.1, 0.15) is 31.2 Å². The molecule has 1 aliphatic rings. The lowest BCUT2D eigenvalue weighted by Crippen LogP contribution is -2.40. The number of carbonyl (C=O) groups is 1. The average Bonchev–Trinajstić information content (AvgIpc) is 2.61. The molecule has 1 saturated carbocycles. The molecule has 142 valence electrons. The fourth-order valence-corrected chi connectivity index (χ4v) is 3.14. The molecule has 2 rings (SSSR count). The van der Waals surface area contributed by atoms with Crippen LogP contribution in [0.4, 0.5) is 17.6 Å². The summed E-state index contributed by atoms with van der Waals surface area (Å²) in [5.74, 6) is 3.30. The molecule has 1 aromatic carbocycles. The number of nitrogens with one attached hydrogen (secondary N) is 1. The summed E-state index contributed by atoms with van der Waals surface area (Å²) >= 11 is 0. The monoisotopic (exact) mass is 375 g/mol. The Bertz CT molecular complexity index is 686. The van der Waals surface area contributed by atoms with Gasteiger partial charge in [-0.05, 0) is 43.4 Å². The van der Waals surface area contributed by atoms with Crippen molar-refractivity contribution in [3.8, 4) is 17.6 Å². The summed E-state index contributed by atoms with van der Waals surface area (Å²) < 4.78 is 58.4. The van der Waals surface area contributed by atoms with Crippen LogP contribution in [-0.2, 0) is 10.2 Å². The van der Waals surface area contributed by atoms with Gasteiger partial charge in [0.1, 0.15) is 0 Å². The van der Waals surface area contributed by atoms with Gasteiger partial charge in [-0.1, -0.05) is 6.07 Å². The lowest BCUT2D eigenvalue weighted by Gasteiger charge is -2.34. The molecule has 1 aliphatic carbocycles. The fraction of sp³-hybridized carbons (Fsp3) is 0.500. The van der Waals surface area contributed by atoms with Crippen LogP contribution in [0.2, 0.25) is 0 Å². The van der Waals surface area contributed by atoms with Crippen molar-refractivity contribution < 1.29 is 31.8 Å². The highest BCUT2D eigenvalue weighted by Crippen LogP contribution is 2.44. The topological polar surface area (TPSA) is 97.4 Å². The third kappa shape index (κ3) is 4.35. The number of carbonyl (C=O) groups excluding carboxylic acids is 1. The molecule has 0 unspecified atom stereocenters. The largest absolute Gasteiger partial charge is 0.431 e. The van der Waals surface area contributed by atoms with E-state index in [0.29, 0.717) is 18.4 Å². The van der Waals surface area contributed by atoms with Crippen molar-refractivity contribution in [1.82, 2.24) is 5.43 Å². The van der Waals surface area contributed by atoms with Crippen LogP contribution in [0.15, 0.2) is 18.2 Å². The van der Waals surface area contributed by atoms with Crippen LogP contribution in [-0.4, -0.2) is 19.1 Å². The third-order valence-corrected chi connectivity index (χ3v) is 4.49. The van der Waals surface area contributed by atoms with E-state index in [-0.39, 0.29) is 24.7 Å². The van der Waals surface area contributed by atoms with Crippen LogP contribution in [0.25, 0.3) is 0 Å². The summed E-state index contributed by atoms with van der Waals surface area (Å²) in [5, 5.41) is 9.65. The van der Waals surface area contributed by atoms with Crippen LogP contribution in [0.5, 0.6) is 11.5 Å². The Kier molecular flexibility index (Phi) is 6.26. The predicted octanol–water partition coefficient (Wildman–Crippen LogP) is 2.83. The van der Waals surface area contributed by atoms with Crippen LogP contribution >= 0.6 is 0 Å². The number of alkyl halides is 4. The van der Waals surface area contributed by atoms with Crippen LogP contribution in [0, 0.1) is 17.2 Å². The maximum atomic E-state index is 12.6. The first-order valence-corrected chi connectivity index (χ1v) is 7.77. The molecule has 0 spiro atoms. The van der Waals surface area contributed by atoms with E-state index in [1.807, 2.05) is 0 Å². The zero-order chi connectivity index (χ0) is 19.3. The second-order valence-corrected chi connectivity index (χ2v) is 5.90. The lowest BCUT2D eigenvalue weighted by atomic mass is 9.67. The standard InChI is InChI=1S/C16H17F4N3O3/c17-14(18)25-11-2-1-10(7-12(11)26-15(19)20)16(8-21)5-3-9(4-6-16)13(24)23-22/h1-2,7,9,14-15H,3-6,22H2,(H,23,24)/t9-,16+. The van der Waals surface area contributed by atoms with E-state index in [1.54, 1.807) is 0 Å². The molecular weight excluding hydrogens is 358 g/mol. The number of amides is 1. The van der Waals surface area contributed by atoms with Crippen molar-refractivity contribution in [2.45, 2.75) is 44.3 Å². The summed E-state index contributed by atoms with van der Waals surface area (Å²) in [4.78, 5) is 11.6. The lowest BCUT2D eigenvalue weighted by molar-refractivity contribution is -0.126. The number of hydrazine groups is 1. The molecule has 3 N–H and O–H groups in total. The molecule has 26 heavy (non-hydrogen) atoms. The first-order chi connectivity index (χ1) is 12.3. The van der Waals surface area contributed by atoms with E-state index in [2.05, 4.69) is 21.0 Å². The number of nitrogens with zero attached hydrogens (tertiary/aromatic N) is 1. The average molecular weight is 375 g/mol. The Morgan fingerprint density at radius 2 is 1.77 bits per heavy atom. The molecule has 10 heteroatoms. The maximum Gasteiger partial charge on any atom is 0.387 e. The zero-order valence-electron chi connectivity index (χ0n) is 13.6. The van der Waals surface area contributed by atoms with Gasteiger partial charge in [0.05, 0.1) is 11.5 Å². The Labute approximate surface area is 146 Å². The molecule has 6 nitrogen and oxygen atoms in total. The summed E-state index contributed by atoms with van der Waals surface area (Å²) in [7, 11) is 0. The smallest absolute Gasteiger partial charge is 0.387 e. The molecule has 0 atom stereocenters. The molecule has 1 fully saturated rings. The number of ether oxygens (including phenoxy) is 2. The minimum Gasteiger partial charge on any atom is -0.431 e. The minimum absolute atomic E-state index is 0.282. The summed E-state index contributed by atoms with van der Waals surface area (Å²) in [6, 6.07) is 5.69. The number of nitrogens with two attached hydrogens (primary N) is 1. The number of halogens is 4. The summed E-state index contributed by atoms with van der Waals surface area (Å²) in [6.07, 6.45) is 1.31. The highest BCUT2D eigenvalue weighted by atomic mass is 19.3. The van der Waals surface area contributed by atoms with Crippen LogP contribution < -0.4 is 20.7 Å². The van der Waals surface area contributed by atoms with Gasteiger partial charge in [0.25, 0.3) is 0 Å². The van der Waals surface area contributed by atoms with Gasteiger partial charge >= 0.3 is 13.2 Å². The Hall–Kier alpha value is -2.54. The van der Waals surface area contributed by atoms with Gasteiger partial charge in [-0.15, -0.1) is 0 Å². The van der Waals surface area contributed by atoms with Gasteiger partial charge < -0.3 is 9.47 Å². The van der Waals surface area contributed by atoms with E-state index in [4.69, 9.17) is 5.84 Å². The molecule has 0 saturated heterocycles. The molecule has 0 bridgehead atoms. The number of nitriles is 1. The Morgan fingerprint density at radius 1 is 1.19 bits per heavy atom. The first-order valence-electron chi connectivity index (χ1n) is 7.77. The van der Waals surface area contributed by atoms with Gasteiger partial charge in [-0.2, -0.15) is 22.8 Å². The second-order valence-electron chi connectivity index (χ2n) is 5.90. The summed E-state index contributed by atoms with van der Waals surface area (Å²) in [5.41, 5.74) is 1.35. The van der Waals surface area contributed by atoms with Crippen molar-refractivity contribution >= 4 is 5.91 Å². The Morgan fingerprint density at radius 3 is 2.27 bits per heavy atom. The molecule has 0 aliphatic heterocycles. The number of hydrogen-bond acceptors (Lipinski definition) is 5. The van der Waals surface area contributed by atoms with Crippen molar-refractivity contribution in [3.63, 3.8) is 0 Å². The van der Waals surface area contributed by atoms with E-state index < -0.39 is 30.1 Å². The SMILES string of the molecule is N#C[C@]1(c2ccc(OC(F)F)c(OC(F)F)c2)CC[C@@H](C(=O)NN)CC1. The second kappa shape index (κ2) is 8.23. The van der Waals surface area contributed by atoms with E-state index in [9.17, 15) is 27.6 Å². The van der Waals surface area contributed by atoms with Gasteiger partial charge in [0, 0.05) is 5.92 Å². The molecule has 1 aromatic rings. The van der Waals surface area contributed by atoms with Crippen molar-refractivity contribution in [2.24, 2.45) is 11.8 Å². The first kappa shape index (κ1) is 19.8. The van der Waals surface area contributed by atoms with Crippen molar-refractivity contribution in [1.29, 1.82) is 5.26 Å². The quantitative estimate of drug-likeness (QED) is 0.345. The van der Waals surface area contributed by atoms with Gasteiger partial charge in [0.15, 0.2) is 11.5 Å². The van der Waals surface area contributed by atoms with E-state index >= 15 is 0 Å². The molecule has 0 heterocycles. The normalized spacial score (nSPS) is 22.8. The predicted molar refractivity (Wildman–Crippen MR) is 81.3 cm³/mol.